The Hall–Kier alpha value is -0.610. The van der Waals surface area contributed by atoms with E-state index in [9.17, 15) is 4.79 Å². The van der Waals surface area contributed by atoms with Crippen LogP contribution in [0.1, 0.15) is 39.0 Å². The molecule has 0 spiro atoms. The molecule has 0 rings (SSSR count). The molecule has 16 heavy (non-hydrogen) atoms. The second-order valence-electron chi connectivity index (χ2n) is 3.96. The van der Waals surface area contributed by atoms with Crippen molar-refractivity contribution in [2.45, 2.75) is 39.0 Å². The van der Waals surface area contributed by atoms with Crippen LogP contribution in [-0.2, 0) is 14.3 Å². The number of carbonyl (C=O) groups excluding carboxylic acids is 1. The molecule has 0 aromatic rings. The summed E-state index contributed by atoms with van der Waals surface area (Å²) in [4.78, 5) is 11.3. The van der Waals surface area contributed by atoms with Gasteiger partial charge in [-0.15, -0.1) is 0 Å². The molecule has 0 aliphatic heterocycles. The molecule has 2 N–H and O–H groups in total. The third-order valence-corrected chi connectivity index (χ3v) is 2.66. The van der Waals surface area contributed by atoms with Gasteiger partial charge in [-0.1, -0.05) is 13.3 Å². The molecule has 0 fully saturated rings. The van der Waals surface area contributed by atoms with Gasteiger partial charge in [0.1, 0.15) is 0 Å². The van der Waals surface area contributed by atoms with Crippen molar-refractivity contribution in [3.8, 4) is 0 Å². The van der Waals surface area contributed by atoms with Gasteiger partial charge in [0.15, 0.2) is 0 Å². The summed E-state index contributed by atoms with van der Waals surface area (Å²) in [5, 5.41) is 0. The molecule has 0 aliphatic rings. The smallest absolute Gasteiger partial charge is 0.305 e. The van der Waals surface area contributed by atoms with Gasteiger partial charge in [-0.25, -0.2) is 0 Å². The van der Waals surface area contributed by atoms with Crippen LogP contribution in [-0.4, -0.2) is 32.8 Å². The van der Waals surface area contributed by atoms with E-state index in [1.807, 2.05) is 0 Å². The topological polar surface area (TPSA) is 61.6 Å². The van der Waals surface area contributed by atoms with Crippen molar-refractivity contribution in [3.05, 3.63) is 0 Å². The van der Waals surface area contributed by atoms with Crippen LogP contribution >= 0.6 is 0 Å². The molecular formula is C12H25NO3. The summed E-state index contributed by atoms with van der Waals surface area (Å²) < 4.78 is 9.93. The average molecular weight is 231 g/mol. The number of rotatable bonds is 10. The van der Waals surface area contributed by atoms with Gasteiger partial charge in [0.05, 0.1) is 6.61 Å². The monoisotopic (exact) mass is 231 g/mol. The van der Waals surface area contributed by atoms with Crippen LogP contribution in [0.2, 0.25) is 0 Å². The predicted octanol–water partition coefficient (Wildman–Crippen LogP) is 1.72. The second kappa shape index (κ2) is 10.9. The van der Waals surface area contributed by atoms with E-state index in [-0.39, 0.29) is 5.97 Å². The van der Waals surface area contributed by atoms with E-state index in [0.29, 0.717) is 32.1 Å². The van der Waals surface area contributed by atoms with E-state index in [0.717, 1.165) is 25.7 Å². The van der Waals surface area contributed by atoms with E-state index in [1.54, 1.807) is 7.11 Å². The molecule has 0 aromatic heterocycles. The van der Waals surface area contributed by atoms with Crippen LogP contribution in [0.4, 0.5) is 0 Å². The summed E-state index contributed by atoms with van der Waals surface area (Å²) in [6.45, 7) is 3.92. The van der Waals surface area contributed by atoms with Crippen molar-refractivity contribution in [3.63, 3.8) is 0 Å². The number of hydrogen-bond donors (Lipinski definition) is 1. The Morgan fingerprint density at radius 1 is 1.31 bits per heavy atom. The highest BCUT2D eigenvalue weighted by atomic mass is 16.5. The first-order valence-corrected chi connectivity index (χ1v) is 6.09. The lowest BCUT2D eigenvalue weighted by atomic mass is 9.97. The number of hydrogen-bond acceptors (Lipinski definition) is 4. The molecule has 0 amide bonds. The highest BCUT2D eigenvalue weighted by Gasteiger charge is 2.09. The van der Waals surface area contributed by atoms with Crippen molar-refractivity contribution >= 4 is 5.97 Å². The maximum Gasteiger partial charge on any atom is 0.305 e. The fraction of sp³-hybridized carbons (Fsp3) is 0.917. The quantitative estimate of drug-likeness (QED) is 0.459. The Morgan fingerprint density at radius 3 is 2.62 bits per heavy atom. The third-order valence-electron chi connectivity index (χ3n) is 2.66. The minimum atomic E-state index is -0.105. The molecule has 0 aromatic carbocycles. The van der Waals surface area contributed by atoms with Gasteiger partial charge in [-0.2, -0.15) is 0 Å². The molecule has 4 nitrogen and oxygen atoms in total. The summed E-state index contributed by atoms with van der Waals surface area (Å²) in [5.41, 5.74) is 5.49. The van der Waals surface area contributed by atoms with E-state index in [2.05, 4.69) is 6.92 Å². The summed E-state index contributed by atoms with van der Waals surface area (Å²) in [6, 6.07) is 0. The van der Waals surface area contributed by atoms with Gasteiger partial charge >= 0.3 is 5.97 Å². The second-order valence-corrected chi connectivity index (χ2v) is 3.96. The maximum atomic E-state index is 11.3. The van der Waals surface area contributed by atoms with Gasteiger partial charge < -0.3 is 15.2 Å². The van der Waals surface area contributed by atoms with E-state index < -0.39 is 0 Å². The summed E-state index contributed by atoms with van der Waals surface area (Å²) in [6.07, 6.45) is 4.23. The lowest BCUT2D eigenvalue weighted by molar-refractivity contribution is -0.144. The van der Waals surface area contributed by atoms with Crippen LogP contribution < -0.4 is 5.73 Å². The largest absolute Gasteiger partial charge is 0.466 e. The molecule has 0 heterocycles. The molecule has 0 saturated heterocycles. The normalized spacial score (nSPS) is 12.4. The fourth-order valence-electron chi connectivity index (χ4n) is 1.57. The predicted molar refractivity (Wildman–Crippen MR) is 64.1 cm³/mol. The fourth-order valence-corrected chi connectivity index (χ4v) is 1.57. The third kappa shape index (κ3) is 8.68. The highest BCUT2D eigenvalue weighted by molar-refractivity contribution is 5.69. The Bertz CT molecular complexity index is 174. The zero-order valence-corrected chi connectivity index (χ0v) is 10.5. The maximum absolute atomic E-state index is 11.3. The summed E-state index contributed by atoms with van der Waals surface area (Å²) >= 11 is 0. The highest BCUT2D eigenvalue weighted by Crippen LogP contribution is 2.14. The zero-order valence-electron chi connectivity index (χ0n) is 10.5. The Morgan fingerprint density at radius 2 is 2.06 bits per heavy atom. The van der Waals surface area contributed by atoms with Crippen molar-refractivity contribution in [2.75, 3.05) is 26.9 Å². The van der Waals surface area contributed by atoms with Crippen molar-refractivity contribution in [1.29, 1.82) is 0 Å². The first-order valence-electron chi connectivity index (χ1n) is 6.09. The standard InChI is InChI=1S/C12H25NO3/c1-3-11(7-8-13)5-6-12(14)16-10-4-9-15-2/h11H,3-10,13H2,1-2H3. The van der Waals surface area contributed by atoms with Crippen LogP contribution in [0, 0.1) is 5.92 Å². The van der Waals surface area contributed by atoms with Crippen molar-refractivity contribution in [2.24, 2.45) is 11.7 Å². The number of ether oxygens (including phenoxy) is 2. The molecule has 0 aliphatic carbocycles. The van der Waals surface area contributed by atoms with Gasteiger partial charge in [0.25, 0.3) is 0 Å². The lowest BCUT2D eigenvalue weighted by Gasteiger charge is -2.12. The molecule has 4 heteroatoms. The minimum absolute atomic E-state index is 0.105. The molecule has 96 valence electrons. The van der Waals surface area contributed by atoms with Gasteiger partial charge in [0, 0.05) is 26.6 Å². The van der Waals surface area contributed by atoms with Gasteiger partial charge in [-0.3, -0.25) is 4.79 Å². The van der Waals surface area contributed by atoms with Crippen LogP contribution in [0.25, 0.3) is 0 Å². The summed E-state index contributed by atoms with van der Waals surface area (Å²) in [7, 11) is 1.64. The average Bonchev–Trinajstić information content (AvgIpc) is 2.30. The van der Waals surface area contributed by atoms with Crippen LogP contribution in [0.3, 0.4) is 0 Å². The number of carbonyl (C=O) groups is 1. The van der Waals surface area contributed by atoms with Crippen LogP contribution in [0.5, 0.6) is 0 Å². The molecule has 0 bridgehead atoms. The number of methoxy groups -OCH3 is 1. The first-order chi connectivity index (χ1) is 7.74. The molecule has 1 atom stereocenters. The van der Waals surface area contributed by atoms with Gasteiger partial charge in [-0.05, 0) is 25.3 Å². The van der Waals surface area contributed by atoms with Crippen molar-refractivity contribution < 1.29 is 14.3 Å². The SMILES string of the molecule is CCC(CCN)CCC(=O)OCCCOC. The van der Waals surface area contributed by atoms with E-state index in [4.69, 9.17) is 15.2 Å². The minimum Gasteiger partial charge on any atom is -0.466 e. The first kappa shape index (κ1) is 15.4. The lowest BCUT2D eigenvalue weighted by Crippen LogP contribution is -2.12. The number of nitrogens with two attached hydrogens (primary N) is 1. The Labute approximate surface area is 98.5 Å². The summed E-state index contributed by atoms with van der Waals surface area (Å²) in [5.74, 6) is 0.447. The van der Waals surface area contributed by atoms with Gasteiger partial charge in [0.2, 0.25) is 0 Å². The molecule has 0 saturated carbocycles. The zero-order chi connectivity index (χ0) is 12.2. The van der Waals surface area contributed by atoms with Crippen LogP contribution in [0.15, 0.2) is 0 Å². The molecule has 0 radical (unpaired) electrons. The Kier molecular flexibility index (Phi) is 10.5. The van der Waals surface area contributed by atoms with E-state index >= 15 is 0 Å². The number of esters is 1. The van der Waals surface area contributed by atoms with Crippen molar-refractivity contribution in [1.82, 2.24) is 0 Å². The molecular weight excluding hydrogens is 206 g/mol. The Balaban J connectivity index is 3.47. The van der Waals surface area contributed by atoms with E-state index in [1.165, 1.54) is 0 Å². The molecule has 1 unspecified atom stereocenters.